The molecule has 0 unspecified atom stereocenters. The van der Waals surface area contributed by atoms with E-state index in [1.54, 1.807) is 5.57 Å². The van der Waals surface area contributed by atoms with Crippen LogP contribution in [0.25, 0.3) is 0 Å². The van der Waals surface area contributed by atoms with E-state index in [1.807, 2.05) is 6.92 Å². The number of rotatable bonds is 11. The summed E-state index contributed by atoms with van der Waals surface area (Å²) in [5.41, 5.74) is 1.67. The number of carboxylic acids is 1. The van der Waals surface area contributed by atoms with Gasteiger partial charge in [0.15, 0.2) is 0 Å². The molecule has 50 heavy (non-hydrogen) atoms. The molecule has 8 heteroatoms. The van der Waals surface area contributed by atoms with Gasteiger partial charge in [-0.3, -0.25) is 19.2 Å². The molecule has 0 aromatic carbocycles. The standard InChI is InChI=1S/C42H68N2O6/c1-10-34(46)50-32-18-19-39(7)30(38(32,5)6)17-20-41(9)31(39)16-15-28-29-26-37(3,4)21-23-42(29,24-22-40(28,41)8)36(49)43-25-13-11-12-14-33(45)44-27(2)35(47)48/h15,27,29-32H,10-14,16-26H2,1-9H3,(H,43,49)(H,44,45)(H,47,48)/t27-,29-,30-,31+,32-,39-,40+,41+,42-/m0/s1. The van der Waals surface area contributed by atoms with Crippen molar-refractivity contribution in [2.45, 2.75) is 171 Å². The number of carbonyl (C=O) groups excluding carboxylic acids is 3. The summed E-state index contributed by atoms with van der Waals surface area (Å²) in [6.45, 7) is 21.2. The fourth-order valence-corrected chi connectivity index (χ4v) is 12.4. The summed E-state index contributed by atoms with van der Waals surface area (Å²) in [5.74, 6) is 0.161. The molecule has 8 nitrogen and oxygen atoms in total. The van der Waals surface area contributed by atoms with Crippen molar-refractivity contribution in [3.8, 4) is 0 Å². The largest absolute Gasteiger partial charge is 0.480 e. The van der Waals surface area contributed by atoms with Gasteiger partial charge in [0, 0.05) is 24.8 Å². The van der Waals surface area contributed by atoms with E-state index >= 15 is 0 Å². The maximum absolute atomic E-state index is 14.4. The molecule has 0 radical (unpaired) electrons. The first kappa shape index (κ1) is 38.8. The normalized spacial score (nSPS) is 38.9. The Kier molecular flexibility index (Phi) is 10.8. The number of unbranched alkanes of at least 4 members (excludes halogenated alkanes) is 2. The van der Waals surface area contributed by atoms with Crippen molar-refractivity contribution in [2.75, 3.05) is 6.54 Å². The highest BCUT2D eigenvalue weighted by atomic mass is 16.5. The number of aliphatic carboxylic acids is 1. The Morgan fingerprint density at radius 2 is 1.60 bits per heavy atom. The summed E-state index contributed by atoms with van der Waals surface area (Å²) < 4.78 is 6.08. The second-order valence-corrected chi connectivity index (χ2v) is 19.3. The molecule has 9 atom stereocenters. The molecule has 4 saturated carbocycles. The monoisotopic (exact) mass is 697 g/mol. The second-order valence-electron chi connectivity index (χ2n) is 19.3. The lowest BCUT2D eigenvalue weighted by Crippen LogP contribution is -2.65. The van der Waals surface area contributed by atoms with Crippen LogP contribution in [0.15, 0.2) is 11.6 Å². The van der Waals surface area contributed by atoms with Crippen molar-refractivity contribution >= 4 is 23.8 Å². The van der Waals surface area contributed by atoms with Gasteiger partial charge in [-0.15, -0.1) is 0 Å². The van der Waals surface area contributed by atoms with Gasteiger partial charge in [0.05, 0.1) is 5.41 Å². The molecule has 5 aliphatic rings. The van der Waals surface area contributed by atoms with E-state index in [1.165, 1.54) is 13.3 Å². The third-order valence-corrected chi connectivity index (χ3v) is 15.7. The molecule has 4 fully saturated rings. The highest BCUT2D eigenvalue weighted by Gasteiger charge is 2.69. The van der Waals surface area contributed by atoms with Gasteiger partial charge in [0.1, 0.15) is 12.1 Å². The van der Waals surface area contributed by atoms with Crippen LogP contribution < -0.4 is 10.6 Å². The number of ether oxygens (including phenoxy) is 1. The van der Waals surface area contributed by atoms with E-state index in [2.05, 4.69) is 65.2 Å². The van der Waals surface area contributed by atoms with Crippen LogP contribution >= 0.6 is 0 Å². The molecular formula is C42H68N2O6. The number of allylic oxidation sites excluding steroid dienone is 2. The fraction of sp³-hybridized carbons (Fsp3) is 0.857. The number of carbonyl (C=O) groups is 4. The minimum absolute atomic E-state index is 0.0203. The molecule has 0 aromatic heterocycles. The zero-order chi connectivity index (χ0) is 36.9. The van der Waals surface area contributed by atoms with Crippen molar-refractivity contribution in [1.82, 2.24) is 10.6 Å². The Morgan fingerprint density at radius 1 is 0.900 bits per heavy atom. The van der Waals surface area contributed by atoms with E-state index in [0.717, 1.165) is 70.6 Å². The number of fused-ring (bicyclic) bond motifs is 7. The molecule has 282 valence electrons. The lowest BCUT2D eigenvalue weighted by Gasteiger charge is -2.71. The molecule has 3 N–H and O–H groups in total. The van der Waals surface area contributed by atoms with Crippen LogP contribution in [-0.2, 0) is 23.9 Å². The number of hydrogen-bond acceptors (Lipinski definition) is 5. The van der Waals surface area contributed by atoms with E-state index in [4.69, 9.17) is 9.84 Å². The molecule has 0 heterocycles. The summed E-state index contributed by atoms with van der Waals surface area (Å²) in [5, 5.41) is 14.9. The molecular weight excluding hydrogens is 628 g/mol. The Morgan fingerprint density at radius 3 is 2.28 bits per heavy atom. The Hall–Kier alpha value is -2.38. The minimum atomic E-state index is -1.04. The van der Waals surface area contributed by atoms with Crippen LogP contribution in [0.5, 0.6) is 0 Å². The first-order valence-corrected chi connectivity index (χ1v) is 20.0. The maximum atomic E-state index is 14.4. The molecule has 0 spiro atoms. The van der Waals surface area contributed by atoms with Crippen molar-refractivity contribution in [2.24, 2.45) is 50.2 Å². The highest BCUT2D eigenvalue weighted by Crippen LogP contribution is 2.75. The predicted molar refractivity (Wildman–Crippen MR) is 196 cm³/mol. The lowest BCUT2D eigenvalue weighted by atomic mass is 9.33. The van der Waals surface area contributed by atoms with Gasteiger partial charge < -0.3 is 20.5 Å². The summed E-state index contributed by atoms with van der Waals surface area (Å²) in [6.07, 6.45) is 16.0. The van der Waals surface area contributed by atoms with Gasteiger partial charge in [-0.2, -0.15) is 0 Å². The zero-order valence-electron chi connectivity index (χ0n) is 32.8. The highest BCUT2D eigenvalue weighted by molar-refractivity contribution is 5.84. The van der Waals surface area contributed by atoms with Gasteiger partial charge >= 0.3 is 11.9 Å². The number of nitrogens with one attached hydrogen (secondary N) is 2. The Labute approximate surface area is 302 Å². The lowest BCUT2D eigenvalue weighted by molar-refractivity contribution is -0.212. The Bertz CT molecular complexity index is 1370. The average Bonchev–Trinajstić information content (AvgIpc) is 3.03. The third kappa shape index (κ3) is 6.57. The Balaban J connectivity index is 1.31. The SMILES string of the molecule is CCC(=O)O[C@H]1CC[C@]2(C)[C@H]3CC=C4[C@@H]5CC(C)(C)CC[C@]5(C(=O)NCCCCCC(=O)N[C@@H](C)C(=O)O)CC[C@@]4(C)[C@]3(C)CC[C@H]2C1(C)C. The topological polar surface area (TPSA) is 122 Å². The van der Waals surface area contributed by atoms with Gasteiger partial charge in [-0.25, -0.2) is 0 Å². The quantitative estimate of drug-likeness (QED) is 0.113. The number of hydrogen-bond donors (Lipinski definition) is 3. The molecule has 0 bridgehead atoms. The second kappa shape index (κ2) is 13.9. The predicted octanol–water partition coefficient (Wildman–Crippen LogP) is 8.38. The molecule has 0 aliphatic heterocycles. The van der Waals surface area contributed by atoms with Gasteiger partial charge in [0.2, 0.25) is 11.8 Å². The van der Waals surface area contributed by atoms with Crippen LogP contribution in [-0.4, -0.2) is 47.6 Å². The van der Waals surface area contributed by atoms with Gasteiger partial charge in [-0.1, -0.05) is 73.5 Å². The molecule has 0 saturated heterocycles. The average molecular weight is 697 g/mol. The van der Waals surface area contributed by atoms with Crippen molar-refractivity contribution < 1.29 is 29.0 Å². The van der Waals surface area contributed by atoms with E-state index in [9.17, 15) is 19.2 Å². The summed E-state index contributed by atoms with van der Waals surface area (Å²) >= 11 is 0. The first-order valence-electron chi connectivity index (χ1n) is 20.0. The van der Waals surface area contributed by atoms with Crippen molar-refractivity contribution in [1.29, 1.82) is 0 Å². The number of esters is 1. The van der Waals surface area contributed by atoms with Crippen LogP contribution in [0.3, 0.4) is 0 Å². The summed E-state index contributed by atoms with van der Waals surface area (Å²) in [7, 11) is 0. The molecule has 5 rings (SSSR count). The first-order chi connectivity index (χ1) is 23.3. The van der Waals surface area contributed by atoms with E-state index in [-0.39, 0.29) is 62.3 Å². The number of amides is 2. The fourth-order valence-electron chi connectivity index (χ4n) is 12.4. The van der Waals surface area contributed by atoms with Crippen LogP contribution in [0, 0.1) is 50.2 Å². The smallest absolute Gasteiger partial charge is 0.325 e. The summed E-state index contributed by atoms with van der Waals surface area (Å²) in [4.78, 5) is 49.9. The summed E-state index contributed by atoms with van der Waals surface area (Å²) in [6, 6.07) is -0.886. The number of carboxylic acid groups (broad SMARTS) is 1. The minimum Gasteiger partial charge on any atom is -0.480 e. The molecule has 2 amide bonds. The molecule has 5 aliphatic carbocycles. The third-order valence-electron chi connectivity index (χ3n) is 15.7. The van der Waals surface area contributed by atoms with E-state index in [0.29, 0.717) is 37.6 Å². The zero-order valence-corrected chi connectivity index (χ0v) is 32.8. The van der Waals surface area contributed by atoms with Gasteiger partial charge in [-0.05, 0) is 123 Å². The van der Waals surface area contributed by atoms with Crippen molar-refractivity contribution in [3.05, 3.63) is 11.6 Å². The molecule has 0 aromatic rings. The van der Waals surface area contributed by atoms with E-state index < -0.39 is 12.0 Å². The van der Waals surface area contributed by atoms with Crippen LogP contribution in [0.4, 0.5) is 0 Å². The maximum Gasteiger partial charge on any atom is 0.325 e. The van der Waals surface area contributed by atoms with Crippen molar-refractivity contribution in [3.63, 3.8) is 0 Å². The van der Waals surface area contributed by atoms with Gasteiger partial charge in [0.25, 0.3) is 0 Å². The van der Waals surface area contributed by atoms with Crippen LogP contribution in [0.1, 0.15) is 159 Å². The van der Waals surface area contributed by atoms with Crippen LogP contribution in [0.2, 0.25) is 0 Å².